The highest BCUT2D eigenvalue weighted by atomic mass is 16.5. The summed E-state index contributed by atoms with van der Waals surface area (Å²) in [7, 11) is 0. The maximum Gasteiger partial charge on any atom is 0.119 e. The summed E-state index contributed by atoms with van der Waals surface area (Å²) in [6.45, 7) is 3.53. The number of benzene rings is 1. The van der Waals surface area contributed by atoms with Gasteiger partial charge in [0, 0.05) is 19.4 Å². The van der Waals surface area contributed by atoms with E-state index >= 15 is 0 Å². The summed E-state index contributed by atoms with van der Waals surface area (Å²) in [5.74, 6) is 1.66. The topological polar surface area (TPSA) is 47.6 Å². The smallest absolute Gasteiger partial charge is 0.119 e. The fourth-order valence-corrected chi connectivity index (χ4v) is 1.33. The van der Waals surface area contributed by atoms with Gasteiger partial charge in [-0.25, -0.2) is 0 Å². The van der Waals surface area contributed by atoms with Crippen molar-refractivity contribution in [2.75, 3.05) is 13.2 Å². The summed E-state index contributed by atoms with van der Waals surface area (Å²) in [6, 6.07) is 9.81. The molecule has 0 saturated heterocycles. The first-order valence-corrected chi connectivity index (χ1v) is 5.79. The van der Waals surface area contributed by atoms with Crippen molar-refractivity contribution in [1.82, 2.24) is 0 Å². The van der Waals surface area contributed by atoms with Crippen molar-refractivity contribution in [2.45, 2.75) is 26.2 Å². The number of nitrogens with zero attached hydrogens (tertiary/aromatic N) is 1. The van der Waals surface area contributed by atoms with Crippen LogP contribution >= 0.6 is 0 Å². The Kier molecular flexibility index (Phi) is 6.07. The lowest BCUT2D eigenvalue weighted by Gasteiger charge is -2.04. The number of aliphatic imine (C=N–C) groups is 1. The predicted octanol–water partition coefficient (Wildman–Crippen LogP) is 2.61. The van der Waals surface area contributed by atoms with E-state index in [0.717, 1.165) is 37.4 Å². The normalized spacial score (nSPS) is 11.4. The molecule has 0 bridgehead atoms. The van der Waals surface area contributed by atoms with Gasteiger partial charge in [-0.1, -0.05) is 25.1 Å². The Morgan fingerprint density at radius 3 is 2.75 bits per heavy atom. The lowest BCUT2D eigenvalue weighted by molar-refractivity contribution is 0.313. The van der Waals surface area contributed by atoms with Crippen LogP contribution < -0.4 is 10.5 Å². The number of rotatable bonds is 7. The molecule has 0 fully saturated rings. The van der Waals surface area contributed by atoms with Crippen LogP contribution in [0, 0.1) is 0 Å². The zero-order chi connectivity index (χ0) is 11.6. The molecule has 0 aliphatic carbocycles. The second-order valence-electron chi connectivity index (χ2n) is 3.64. The van der Waals surface area contributed by atoms with Crippen LogP contribution in [0.25, 0.3) is 0 Å². The Bertz CT molecular complexity index is 309. The molecule has 3 heteroatoms. The zero-order valence-electron chi connectivity index (χ0n) is 9.86. The molecule has 0 aliphatic rings. The average molecular weight is 220 g/mol. The van der Waals surface area contributed by atoms with Gasteiger partial charge in [-0.05, 0) is 18.6 Å². The number of hydrogen-bond donors (Lipinski definition) is 1. The third kappa shape index (κ3) is 5.39. The molecular formula is C13H20N2O. The largest absolute Gasteiger partial charge is 0.494 e. The highest BCUT2D eigenvalue weighted by molar-refractivity contribution is 5.80. The molecule has 0 heterocycles. The van der Waals surface area contributed by atoms with Gasteiger partial charge in [0.05, 0.1) is 12.4 Å². The van der Waals surface area contributed by atoms with E-state index in [0.29, 0.717) is 6.61 Å². The van der Waals surface area contributed by atoms with Crippen LogP contribution in [0.3, 0.4) is 0 Å². The Labute approximate surface area is 97.3 Å². The van der Waals surface area contributed by atoms with Gasteiger partial charge in [0.25, 0.3) is 0 Å². The van der Waals surface area contributed by atoms with E-state index in [1.807, 2.05) is 30.3 Å². The predicted molar refractivity (Wildman–Crippen MR) is 68.0 cm³/mol. The SMILES string of the molecule is CCCC(N)=NCCCOc1ccccc1. The minimum atomic E-state index is 0.687. The first-order valence-electron chi connectivity index (χ1n) is 5.79. The van der Waals surface area contributed by atoms with E-state index in [-0.39, 0.29) is 0 Å². The molecule has 3 nitrogen and oxygen atoms in total. The summed E-state index contributed by atoms with van der Waals surface area (Å²) in [6.07, 6.45) is 2.84. The van der Waals surface area contributed by atoms with Crippen molar-refractivity contribution in [3.63, 3.8) is 0 Å². The van der Waals surface area contributed by atoms with Crippen LogP contribution in [-0.4, -0.2) is 19.0 Å². The highest BCUT2D eigenvalue weighted by Crippen LogP contribution is 2.08. The highest BCUT2D eigenvalue weighted by Gasteiger charge is 1.92. The van der Waals surface area contributed by atoms with Gasteiger partial charge in [-0.2, -0.15) is 0 Å². The van der Waals surface area contributed by atoms with Crippen molar-refractivity contribution >= 4 is 5.84 Å². The Morgan fingerprint density at radius 1 is 1.31 bits per heavy atom. The van der Waals surface area contributed by atoms with Gasteiger partial charge in [-0.15, -0.1) is 0 Å². The first-order chi connectivity index (χ1) is 7.83. The van der Waals surface area contributed by atoms with E-state index < -0.39 is 0 Å². The van der Waals surface area contributed by atoms with E-state index in [2.05, 4.69) is 11.9 Å². The van der Waals surface area contributed by atoms with Gasteiger partial charge in [0.15, 0.2) is 0 Å². The minimum absolute atomic E-state index is 0.687. The average Bonchev–Trinajstić information content (AvgIpc) is 2.30. The van der Waals surface area contributed by atoms with Crippen molar-refractivity contribution in [3.05, 3.63) is 30.3 Å². The van der Waals surface area contributed by atoms with E-state index in [9.17, 15) is 0 Å². The molecule has 1 aromatic carbocycles. The van der Waals surface area contributed by atoms with Gasteiger partial charge >= 0.3 is 0 Å². The molecule has 0 unspecified atom stereocenters. The molecule has 88 valence electrons. The maximum atomic E-state index is 5.69. The van der Waals surface area contributed by atoms with Crippen LogP contribution in [-0.2, 0) is 0 Å². The zero-order valence-corrected chi connectivity index (χ0v) is 9.86. The maximum absolute atomic E-state index is 5.69. The molecule has 0 aliphatic heterocycles. The van der Waals surface area contributed by atoms with Crippen LogP contribution in [0.2, 0.25) is 0 Å². The Balaban J connectivity index is 2.11. The summed E-state index contributed by atoms with van der Waals surface area (Å²) in [4.78, 5) is 4.26. The lowest BCUT2D eigenvalue weighted by Crippen LogP contribution is -2.12. The summed E-state index contributed by atoms with van der Waals surface area (Å²) >= 11 is 0. The summed E-state index contributed by atoms with van der Waals surface area (Å²) in [5.41, 5.74) is 5.69. The Hall–Kier alpha value is -1.51. The molecule has 16 heavy (non-hydrogen) atoms. The number of para-hydroxylation sites is 1. The number of hydrogen-bond acceptors (Lipinski definition) is 2. The second-order valence-corrected chi connectivity index (χ2v) is 3.64. The molecule has 0 spiro atoms. The van der Waals surface area contributed by atoms with Crippen molar-refractivity contribution in [3.8, 4) is 5.75 Å². The van der Waals surface area contributed by atoms with Crippen LogP contribution in [0.5, 0.6) is 5.75 Å². The van der Waals surface area contributed by atoms with Crippen LogP contribution in [0.15, 0.2) is 35.3 Å². The monoisotopic (exact) mass is 220 g/mol. The van der Waals surface area contributed by atoms with Crippen LogP contribution in [0.4, 0.5) is 0 Å². The Morgan fingerprint density at radius 2 is 2.06 bits per heavy atom. The van der Waals surface area contributed by atoms with Crippen molar-refractivity contribution in [1.29, 1.82) is 0 Å². The molecule has 0 saturated carbocycles. The van der Waals surface area contributed by atoms with Gasteiger partial charge in [0.2, 0.25) is 0 Å². The van der Waals surface area contributed by atoms with E-state index in [4.69, 9.17) is 10.5 Å². The standard InChI is InChI=1S/C13H20N2O/c1-2-7-13(14)15-10-6-11-16-12-8-4-3-5-9-12/h3-5,8-9H,2,6-7,10-11H2,1H3,(H2,14,15). The fourth-order valence-electron chi connectivity index (χ4n) is 1.33. The number of nitrogens with two attached hydrogens (primary N) is 1. The second kappa shape index (κ2) is 7.74. The lowest BCUT2D eigenvalue weighted by atomic mass is 10.3. The molecule has 0 atom stereocenters. The molecular weight excluding hydrogens is 200 g/mol. The molecule has 0 amide bonds. The number of ether oxygens (including phenoxy) is 1. The van der Waals surface area contributed by atoms with Gasteiger partial charge in [-0.3, -0.25) is 4.99 Å². The van der Waals surface area contributed by atoms with Crippen LogP contribution in [0.1, 0.15) is 26.2 Å². The molecule has 2 N–H and O–H groups in total. The van der Waals surface area contributed by atoms with Gasteiger partial charge < -0.3 is 10.5 Å². The van der Waals surface area contributed by atoms with Gasteiger partial charge in [0.1, 0.15) is 5.75 Å². The molecule has 0 radical (unpaired) electrons. The van der Waals surface area contributed by atoms with Crippen molar-refractivity contribution < 1.29 is 4.74 Å². The fraction of sp³-hybridized carbons (Fsp3) is 0.462. The van der Waals surface area contributed by atoms with E-state index in [1.165, 1.54) is 0 Å². The summed E-state index contributed by atoms with van der Waals surface area (Å²) in [5, 5.41) is 0. The summed E-state index contributed by atoms with van der Waals surface area (Å²) < 4.78 is 5.54. The van der Waals surface area contributed by atoms with E-state index in [1.54, 1.807) is 0 Å². The van der Waals surface area contributed by atoms with Crippen molar-refractivity contribution in [2.24, 2.45) is 10.7 Å². The third-order valence-electron chi connectivity index (χ3n) is 2.14. The molecule has 0 aromatic heterocycles. The molecule has 1 aromatic rings. The first kappa shape index (κ1) is 12.6. The molecule has 1 rings (SSSR count). The number of amidine groups is 1. The third-order valence-corrected chi connectivity index (χ3v) is 2.14. The quantitative estimate of drug-likeness (QED) is 0.436. The minimum Gasteiger partial charge on any atom is -0.494 e.